The summed E-state index contributed by atoms with van der Waals surface area (Å²) in [6.07, 6.45) is 1.68. The van der Waals surface area contributed by atoms with Crippen molar-refractivity contribution in [3.63, 3.8) is 0 Å². The van der Waals surface area contributed by atoms with E-state index < -0.39 is 0 Å². The Balaban J connectivity index is 1.76. The SMILES string of the molecule is O=C1N(c2ccc(F)cc2)C(c2ccc(Br)cc2)C12CCNCC2. The molecule has 5 heteroatoms. The van der Waals surface area contributed by atoms with Crippen molar-refractivity contribution in [1.29, 1.82) is 0 Å². The number of benzene rings is 2. The molecule has 0 saturated carbocycles. The van der Waals surface area contributed by atoms with E-state index in [1.165, 1.54) is 12.1 Å². The number of carbonyl (C=O) groups is 1. The molecule has 2 aromatic carbocycles. The second-order valence-electron chi connectivity index (χ2n) is 6.51. The van der Waals surface area contributed by atoms with E-state index in [2.05, 4.69) is 33.4 Å². The lowest BCUT2D eigenvalue weighted by Crippen LogP contribution is -2.66. The zero-order chi connectivity index (χ0) is 16.7. The third-order valence-corrected chi connectivity index (χ3v) is 5.74. The van der Waals surface area contributed by atoms with Gasteiger partial charge >= 0.3 is 0 Å². The highest BCUT2D eigenvalue weighted by Crippen LogP contribution is 2.56. The molecule has 1 unspecified atom stereocenters. The summed E-state index contributed by atoms with van der Waals surface area (Å²) in [5.41, 5.74) is 1.55. The van der Waals surface area contributed by atoms with Gasteiger partial charge in [0.05, 0.1) is 11.5 Å². The van der Waals surface area contributed by atoms with Crippen LogP contribution in [0.1, 0.15) is 24.4 Å². The van der Waals surface area contributed by atoms with Crippen LogP contribution in [0.4, 0.5) is 10.1 Å². The van der Waals surface area contributed by atoms with Crippen LogP contribution in [0.2, 0.25) is 0 Å². The average molecular weight is 389 g/mol. The maximum atomic E-state index is 13.3. The molecule has 0 aliphatic carbocycles. The Labute approximate surface area is 149 Å². The minimum absolute atomic E-state index is 0.00524. The van der Waals surface area contributed by atoms with Gasteiger partial charge in [-0.2, -0.15) is 0 Å². The van der Waals surface area contributed by atoms with Gasteiger partial charge in [0, 0.05) is 10.2 Å². The predicted molar refractivity (Wildman–Crippen MR) is 95.3 cm³/mol. The average Bonchev–Trinajstić information content (AvgIpc) is 2.62. The molecule has 0 bridgehead atoms. The summed E-state index contributed by atoms with van der Waals surface area (Å²) < 4.78 is 14.3. The fraction of sp³-hybridized carbons (Fsp3) is 0.316. The molecule has 2 heterocycles. The summed E-state index contributed by atoms with van der Waals surface area (Å²) in [6.45, 7) is 1.71. The van der Waals surface area contributed by atoms with E-state index in [1.807, 2.05) is 17.0 Å². The van der Waals surface area contributed by atoms with Crippen LogP contribution >= 0.6 is 15.9 Å². The maximum Gasteiger partial charge on any atom is 0.236 e. The van der Waals surface area contributed by atoms with Gasteiger partial charge in [-0.1, -0.05) is 28.1 Å². The molecule has 2 aliphatic heterocycles. The number of anilines is 1. The molecule has 2 aliphatic rings. The zero-order valence-corrected chi connectivity index (χ0v) is 14.7. The molecule has 1 amide bonds. The Hall–Kier alpha value is -1.72. The third kappa shape index (κ3) is 2.38. The van der Waals surface area contributed by atoms with Crippen molar-refractivity contribution < 1.29 is 9.18 Å². The summed E-state index contributed by atoms with van der Waals surface area (Å²) in [5, 5.41) is 3.34. The Kier molecular flexibility index (Phi) is 3.93. The Morgan fingerprint density at radius 3 is 2.29 bits per heavy atom. The van der Waals surface area contributed by atoms with Crippen molar-refractivity contribution in [3.8, 4) is 0 Å². The first-order valence-electron chi connectivity index (χ1n) is 8.17. The largest absolute Gasteiger partial charge is 0.317 e. The number of rotatable bonds is 2. The number of halogens is 2. The van der Waals surface area contributed by atoms with E-state index in [0.29, 0.717) is 0 Å². The molecule has 1 N–H and O–H groups in total. The first-order chi connectivity index (χ1) is 11.6. The second kappa shape index (κ2) is 5.97. The van der Waals surface area contributed by atoms with Gasteiger partial charge in [0.15, 0.2) is 0 Å². The molecule has 4 rings (SSSR count). The molecule has 2 aromatic rings. The smallest absolute Gasteiger partial charge is 0.236 e. The van der Waals surface area contributed by atoms with Gasteiger partial charge in [-0.05, 0) is 67.9 Å². The van der Waals surface area contributed by atoms with Crippen molar-refractivity contribution in [1.82, 2.24) is 5.32 Å². The number of nitrogens with one attached hydrogen (secondary N) is 1. The minimum atomic E-state index is -0.340. The van der Waals surface area contributed by atoms with Gasteiger partial charge in [-0.25, -0.2) is 4.39 Å². The molecule has 124 valence electrons. The quantitative estimate of drug-likeness (QED) is 0.787. The number of β-lactam (4-membered cyclic amide) rings is 1. The van der Waals surface area contributed by atoms with Gasteiger partial charge in [-0.15, -0.1) is 0 Å². The van der Waals surface area contributed by atoms with Gasteiger partial charge in [0.2, 0.25) is 5.91 Å². The lowest BCUT2D eigenvalue weighted by Gasteiger charge is -2.58. The molecule has 2 fully saturated rings. The third-order valence-electron chi connectivity index (χ3n) is 5.21. The molecule has 2 saturated heterocycles. The summed E-state index contributed by atoms with van der Waals surface area (Å²) in [4.78, 5) is 14.9. The zero-order valence-electron chi connectivity index (χ0n) is 13.1. The van der Waals surface area contributed by atoms with E-state index in [-0.39, 0.29) is 23.2 Å². The normalized spacial score (nSPS) is 22.5. The highest BCUT2D eigenvalue weighted by atomic mass is 79.9. The Morgan fingerprint density at radius 2 is 1.67 bits per heavy atom. The Morgan fingerprint density at radius 1 is 1.04 bits per heavy atom. The van der Waals surface area contributed by atoms with Crippen molar-refractivity contribution >= 4 is 27.5 Å². The summed E-state index contributed by atoms with van der Waals surface area (Å²) in [5.74, 6) is -0.132. The number of amides is 1. The number of piperidine rings is 1. The van der Waals surface area contributed by atoms with Crippen molar-refractivity contribution in [2.45, 2.75) is 18.9 Å². The molecular formula is C19H18BrFN2O. The van der Waals surface area contributed by atoms with Gasteiger partial charge in [0.1, 0.15) is 5.82 Å². The van der Waals surface area contributed by atoms with E-state index >= 15 is 0 Å². The fourth-order valence-electron chi connectivity index (χ4n) is 4.00. The number of nitrogens with zero attached hydrogens (tertiary/aromatic N) is 1. The van der Waals surface area contributed by atoms with Crippen LogP contribution in [0.5, 0.6) is 0 Å². The molecule has 1 spiro atoms. The summed E-state index contributed by atoms with van der Waals surface area (Å²) in [7, 11) is 0. The summed E-state index contributed by atoms with van der Waals surface area (Å²) in [6, 6.07) is 14.4. The molecular weight excluding hydrogens is 371 g/mol. The van der Waals surface area contributed by atoms with Gasteiger partial charge in [0.25, 0.3) is 0 Å². The first-order valence-corrected chi connectivity index (χ1v) is 8.96. The van der Waals surface area contributed by atoms with E-state index in [0.717, 1.165) is 41.7 Å². The Bertz CT molecular complexity index is 754. The van der Waals surface area contributed by atoms with E-state index in [1.54, 1.807) is 12.1 Å². The van der Waals surface area contributed by atoms with Crippen LogP contribution in [0.25, 0.3) is 0 Å². The molecule has 3 nitrogen and oxygen atoms in total. The van der Waals surface area contributed by atoms with Crippen LogP contribution in [-0.2, 0) is 4.79 Å². The van der Waals surface area contributed by atoms with Crippen molar-refractivity contribution in [2.75, 3.05) is 18.0 Å². The second-order valence-corrected chi connectivity index (χ2v) is 7.43. The standard InChI is InChI=1S/C19H18BrFN2O/c20-14-3-1-13(2-4-14)17-19(9-11-22-12-10-19)18(24)23(17)16-7-5-15(21)6-8-16/h1-8,17,22H,9-12H2. The number of carbonyl (C=O) groups excluding carboxylic acids is 1. The molecule has 0 aromatic heterocycles. The number of hydrogen-bond donors (Lipinski definition) is 1. The minimum Gasteiger partial charge on any atom is -0.317 e. The van der Waals surface area contributed by atoms with E-state index in [4.69, 9.17) is 0 Å². The topological polar surface area (TPSA) is 32.3 Å². The van der Waals surface area contributed by atoms with Gasteiger partial charge < -0.3 is 10.2 Å². The van der Waals surface area contributed by atoms with Crippen LogP contribution in [-0.4, -0.2) is 19.0 Å². The monoisotopic (exact) mass is 388 g/mol. The predicted octanol–water partition coefficient (Wildman–Crippen LogP) is 4.05. The maximum absolute atomic E-state index is 13.3. The van der Waals surface area contributed by atoms with Crippen molar-refractivity contribution in [2.24, 2.45) is 5.41 Å². The van der Waals surface area contributed by atoms with Crippen molar-refractivity contribution in [3.05, 3.63) is 64.4 Å². The lowest BCUT2D eigenvalue weighted by molar-refractivity contribution is -0.142. The molecule has 1 atom stereocenters. The first kappa shape index (κ1) is 15.8. The van der Waals surface area contributed by atoms with Crippen LogP contribution in [0.15, 0.2) is 53.0 Å². The molecule has 24 heavy (non-hydrogen) atoms. The fourth-order valence-corrected chi connectivity index (χ4v) is 4.26. The lowest BCUT2D eigenvalue weighted by atomic mass is 9.62. The highest BCUT2D eigenvalue weighted by Gasteiger charge is 2.61. The van der Waals surface area contributed by atoms with Crippen LogP contribution in [0, 0.1) is 11.2 Å². The summed E-state index contributed by atoms with van der Waals surface area (Å²) >= 11 is 3.47. The van der Waals surface area contributed by atoms with E-state index in [9.17, 15) is 9.18 Å². The number of hydrogen-bond acceptors (Lipinski definition) is 2. The molecule has 0 radical (unpaired) electrons. The van der Waals surface area contributed by atoms with Crippen LogP contribution in [0.3, 0.4) is 0 Å². The highest BCUT2D eigenvalue weighted by molar-refractivity contribution is 9.10. The van der Waals surface area contributed by atoms with Crippen LogP contribution < -0.4 is 10.2 Å². The van der Waals surface area contributed by atoms with Gasteiger partial charge in [-0.3, -0.25) is 4.79 Å².